The zero-order chi connectivity index (χ0) is 20.4. The summed E-state index contributed by atoms with van der Waals surface area (Å²) in [6.07, 6.45) is 1.71. The fraction of sp³-hybridized carbons (Fsp3) is 0.150. The van der Waals surface area contributed by atoms with Crippen molar-refractivity contribution in [3.05, 3.63) is 75.8 Å². The van der Waals surface area contributed by atoms with Crippen LogP contribution < -0.4 is 0 Å². The molecular weight excluding hydrogens is 410 g/mol. The van der Waals surface area contributed by atoms with Gasteiger partial charge in [0, 0.05) is 17.3 Å². The van der Waals surface area contributed by atoms with Gasteiger partial charge in [0.1, 0.15) is 11.6 Å². The van der Waals surface area contributed by atoms with Crippen LogP contribution in [0.3, 0.4) is 0 Å². The van der Waals surface area contributed by atoms with Gasteiger partial charge in [0.05, 0.1) is 22.1 Å². The predicted molar refractivity (Wildman–Crippen MR) is 110 cm³/mol. The summed E-state index contributed by atoms with van der Waals surface area (Å²) >= 11 is 7.61. The van der Waals surface area contributed by atoms with Crippen molar-refractivity contribution in [2.75, 3.05) is 0 Å². The number of nitrogens with zero attached hydrogens (tertiary/aromatic N) is 5. The molecule has 0 fully saturated rings. The Morgan fingerprint density at radius 2 is 2.07 bits per heavy atom. The maximum Gasteiger partial charge on any atom is 0.358 e. The number of thiazole rings is 1. The highest BCUT2D eigenvalue weighted by atomic mass is 35.5. The van der Waals surface area contributed by atoms with Gasteiger partial charge in [-0.15, -0.1) is 11.3 Å². The van der Waals surface area contributed by atoms with Crippen LogP contribution in [-0.4, -0.2) is 30.7 Å². The van der Waals surface area contributed by atoms with Gasteiger partial charge in [0.2, 0.25) is 0 Å². The quantitative estimate of drug-likeness (QED) is 0.440. The molecule has 0 aliphatic carbocycles. The summed E-state index contributed by atoms with van der Waals surface area (Å²) in [6, 6.07) is 10.9. The average molecular weight is 426 g/mol. The lowest BCUT2D eigenvalue weighted by atomic mass is 10.3. The second kappa shape index (κ2) is 8.10. The fourth-order valence-electron chi connectivity index (χ4n) is 2.74. The largest absolute Gasteiger partial charge is 0.454 e. The minimum Gasteiger partial charge on any atom is -0.454 e. The van der Waals surface area contributed by atoms with Crippen molar-refractivity contribution in [2.24, 2.45) is 0 Å². The van der Waals surface area contributed by atoms with Gasteiger partial charge in [-0.3, -0.25) is 4.98 Å². The molecule has 0 saturated carbocycles. The minimum atomic E-state index is -0.620. The molecule has 0 radical (unpaired) electrons. The molecule has 4 rings (SSSR count). The number of hydrogen-bond donors (Lipinski definition) is 0. The van der Waals surface area contributed by atoms with Crippen LogP contribution in [0.1, 0.15) is 27.6 Å². The Hall–Kier alpha value is -3.10. The Morgan fingerprint density at radius 1 is 1.21 bits per heavy atom. The summed E-state index contributed by atoms with van der Waals surface area (Å²) in [5.41, 5.74) is 3.21. The number of aromatic nitrogens is 5. The van der Waals surface area contributed by atoms with Crippen molar-refractivity contribution in [3.8, 4) is 16.5 Å². The number of carbonyl (C=O) groups excluding carboxylic acids is 1. The van der Waals surface area contributed by atoms with Gasteiger partial charge < -0.3 is 4.74 Å². The third-order valence-corrected chi connectivity index (χ3v) is 5.26. The third kappa shape index (κ3) is 4.18. The van der Waals surface area contributed by atoms with Crippen molar-refractivity contribution in [1.82, 2.24) is 24.7 Å². The van der Waals surface area contributed by atoms with E-state index >= 15 is 0 Å². The van der Waals surface area contributed by atoms with Crippen LogP contribution in [0.4, 0.5) is 0 Å². The van der Waals surface area contributed by atoms with Crippen LogP contribution in [0.5, 0.6) is 0 Å². The summed E-state index contributed by atoms with van der Waals surface area (Å²) in [6.45, 7) is 3.82. The summed E-state index contributed by atoms with van der Waals surface area (Å²) in [5.74, 6) is -0.121. The molecule has 0 spiro atoms. The predicted octanol–water partition coefficient (Wildman–Crippen LogP) is 4.41. The van der Waals surface area contributed by atoms with Gasteiger partial charge in [-0.05, 0) is 44.2 Å². The third-order valence-electron chi connectivity index (χ3n) is 4.04. The molecule has 4 aromatic heterocycles. The SMILES string of the molecule is Cc1cc(C)n(-c2ccc(Cl)c(C(=O)OCc3csc(-c4ccccn4)n3)n2)n1. The number of pyridine rings is 2. The van der Waals surface area contributed by atoms with E-state index in [1.165, 1.54) is 11.3 Å². The fourth-order valence-corrected chi connectivity index (χ4v) is 3.70. The first-order valence-electron chi connectivity index (χ1n) is 8.74. The van der Waals surface area contributed by atoms with E-state index in [1.807, 2.05) is 43.5 Å². The zero-order valence-electron chi connectivity index (χ0n) is 15.7. The van der Waals surface area contributed by atoms with E-state index in [4.69, 9.17) is 16.3 Å². The van der Waals surface area contributed by atoms with Gasteiger partial charge in [0.15, 0.2) is 11.5 Å². The second-order valence-corrected chi connectivity index (χ2v) is 7.54. The van der Waals surface area contributed by atoms with E-state index in [-0.39, 0.29) is 17.3 Å². The Morgan fingerprint density at radius 3 is 2.79 bits per heavy atom. The van der Waals surface area contributed by atoms with Gasteiger partial charge in [-0.2, -0.15) is 5.10 Å². The summed E-state index contributed by atoms with van der Waals surface area (Å²) in [7, 11) is 0. The molecule has 146 valence electrons. The molecular formula is C20H16ClN5O2S. The minimum absolute atomic E-state index is 0.0182. The van der Waals surface area contributed by atoms with E-state index in [9.17, 15) is 4.79 Å². The number of rotatable bonds is 5. The topological polar surface area (TPSA) is 82.8 Å². The second-order valence-electron chi connectivity index (χ2n) is 6.27. The smallest absolute Gasteiger partial charge is 0.358 e. The molecule has 0 unspecified atom stereocenters. The first-order chi connectivity index (χ1) is 14.0. The molecule has 0 atom stereocenters. The van der Waals surface area contributed by atoms with E-state index in [1.54, 1.807) is 23.0 Å². The van der Waals surface area contributed by atoms with Crippen LogP contribution in [-0.2, 0) is 11.3 Å². The van der Waals surface area contributed by atoms with Gasteiger partial charge >= 0.3 is 5.97 Å². The first-order valence-corrected chi connectivity index (χ1v) is 10.00. The monoisotopic (exact) mass is 425 g/mol. The van der Waals surface area contributed by atoms with Crippen molar-refractivity contribution < 1.29 is 9.53 Å². The van der Waals surface area contributed by atoms with Gasteiger partial charge in [-0.25, -0.2) is 19.4 Å². The average Bonchev–Trinajstić information content (AvgIpc) is 3.33. The number of hydrogen-bond acceptors (Lipinski definition) is 7. The number of carbonyl (C=O) groups is 1. The molecule has 29 heavy (non-hydrogen) atoms. The Balaban J connectivity index is 1.50. The Kier molecular flexibility index (Phi) is 5.37. The highest BCUT2D eigenvalue weighted by Crippen LogP contribution is 2.23. The maximum absolute atomic E-state index is 12.6. The molecule has 0 amide bonds. The van der Waals surface area contributed by atoms with E-state index in [0.717, 1.165) is 22.1 Å². The lowest BCUT2D eigenvalue weighted by Crippen LogP contribution is -2.11. The molecule has 0 aromatic carbocycles. The summed E-state index contributed by atoms with van der Waals surface area (Å²) in [4.78, 5) is 25.6. The van der Waals surface area contributed by atoms with Crippen LogP contribution in [0.15, 0.2) is 48.0 Å². The van der Waals surface area contributed by atoms with Crippen LogP contribution in [0.2, 0.25) is 5.02 Å². The lowest BCUT2D eigenvalue weighted by Gasteiger charge is -2.08. The molecule has 4 aromatic rings. The van der Waals surface area contributed by atoms with Crippen molar-refractivity contribution in [3.63, 3.8) is 0 Å². The maximum atomic E-state index is 12.6. The normalized spacial score (nSPS) is 10.9. The van der Waals surface area contributed by atoms with E-state index in [2.05, 4.69) is 20.1 Å². The molecule has 4 heterocycles. The summed E-state index contributed by atoms with van der Waals surface area (Å²) in [5, 5.41) is 7.19. The molecule has 0 saturated heterocycles. The van der Waals surface area contributed by atoms with Crippen LogP contribution >= 0.6 is 22.9 Å². The standard InChI is InChI=1S/C20H16ClN5O2S/c1-12-9-13(2)26(25-12)17-7-6-15(21)18(24-17)20(27)28-10-14-11-29-19(23-14)16-5-3-4-8-22-16/h3-9,11H,10H2,1-2H3. The number of ether oxygens (including phenoxy) is 1. The summed E-state index contributed by atoms with van der Waals surface area (Å²) < 4.78 is 7.03. The zero-order valence-corrected chi connectivity index (χ0v) is 17.2. The molecule has 9 heteroatoms. The number of aryl methyl sites for hydroxylation is 2. The Bertz CT molecular complexity index is 1170. The van der Waals surface area contributed by atoms with Crippen molar-refractivity contribution >= 4 is 28.9 Å². The first kappa shape index (κ1) is 19.2. The van der Waals surface area contributed by atoms with Gasteiger partial charge in [-0.1, -0.05) is 17.7 Å². The highest BCUT2D eigenvalue weighted by molar-refractivity contribution is 7.13. The molecule has 0 aliphatic heterocycles. The van der Waals surface area contributed by atoms with Crippen LogP contribution in [0, 0.1) is 13.8 Å². The highest BCUT2D eigenvalue weighted by Gasteiger charge is 2.17. The van der Waals surface area contributed by atoms with Crippen molar-refractivity contribution in [2.45, 2.75) is 20.5 Å². The molecule has 7 nitrogen and oxygen atoms in total. The van der Waals surface area contributed by atoms with Gasteiger partial charge in [0.25, 0.3) is 0 Å². The Labute approximate surface area is 176 Å². The molecule has 0 bridgehead atoms. The van der Waals surface area contributed by atoms with E-state index in [0.29, 0.717) is 11.5 Å². The lowest BCUT2D eigenvalue weighted by molar-refractivity contribution is 0.0461. The van der Waals surface area contributed by atoms with Crippen LogP contribution in [0.25, 0.3) is 16.5 Å². The number of esters is 1. The number of halogens is 1. The molecule has 0 N–H and O–H groups in total. The van der Waals surface area contributed by atoms with Crippen molar-refractivity contribution in [1.29, 1.82) is 0 Å². The van der Waals surface area contributed by atoms with E-state index < -0.39 is 5.97 Å². The molecule has 0 aliphatic rings.